The number of hydrogen-bond acceptors (Lipinski definition) is 4. The smallest absolute Gasteiger partial charge is 0.323 e. The molecule has 2 aromatic heterocycles. The van der Waals surface area contributed by atoms with Crippen LogP contribution in [0.25, 0.3) is 22.2 Å². The first-order valence-electron chi connectivity index (χ1n) is 14.2. The first-order valence-corrected chi connectivity index (χ1v) is 14.2. The van der Waals surface area contributed by atoms with E-state index < -0.39 is 6.03 Å². The Balaban J connectivity index is 1.92. The van der Waals surface area contributed by atoms with Gasteiger partial charge in [-0.3, -0.25) is 9.36 Å². The zero-order valence-corrected chi connectivity index (χ0v) is 25.5. The van der Waals surface area contributed by atoms with Gasteiger partial charge in [-0.2, -0.15) is 0 Å². The number of methoxy groups -OCH3 is 1. The summed E-state index contributed by atoms with van der Waals surface area (Å²) in [6.07, 6.45) is 3.42. The summed E-state index contributed by atoms with van der Waals surface area (Å²) in [6.45, 7) is 15.3. The molecule has 216 valence electrons. The summed E-state index contributed by atoms with van der Waals surface area (Å²) in [5, 5.41) is 6.89. The summed E-state index contributed by atoms with van der Waals surface area (Å²) in [4.78, 5) is 32.6. The first-order chi connectivity index (χ1) is 19.4. The minimum absolute atomic E-state index is 0.206. The van der Waals surface area contributed by atoms with E-state index in [1.807, 2.05) is 54.6 Å². The highest BCUT2D eigenvalue weighted by Crippen LogP contribution is 2.39. The minimum atomic E-state index is -0.473. The van der Waals surface area contributed by atoms with E-state index in [9.17, 15) is 9.59 Å². The third-order valence-electron chi connectivity index (χ3n) is 7.27. The molecule has 4 aromatic rings. The number of unbranched alkanes of at least 4 members (excludes halogenated alkanes) is 1. The molecule has 0 aliphatic carbocycles. The molecule has 2 N–H and O–H groups in total. The number of nitrogens with zero attached hydrogens (tertiary/aromatic N) is 2. The number of pyridine rings is 2. The maximum Gasteiger partial charge on any atom is 0.323 e. The number of nitrogens with one attached hydrogen (secondary N) is 2. The van der Waals surface area contributed by atoms with Gasteiger partial charge in [0.1, 0.15) is 17.1 Å². The third-order valence-corrected chi connectivity index (χ3v) is 7.27. The van der Waals surface area contributed by atoms with Gasteiger partial charge >= 0.3 is 6.03 Å². The number of aromatic nitrogens is 2. The Morgan fingerprint density at radius 3 is 2.15 bits per heavy atom. The molecule has 41 heavy (non-hydrogen) atoms. The van der Waals surface area contributed by atoms with E-state index in [1.54, 1.807) is 17.9 Å². The van der Waals surface area contributed by atoms with Gasteiger partial charge in [0.05, 0.1) is 7.11 Å². The molecule has 2 aromatic carbocycles. The zero-order valence-electron chi connectivity index (χ0n) is 25.5. The Morgan fingerprint density at radius 1 is 0.902 bits per heavy atom. The van der Waals surface area contributed by atoms with E-state index in [-0.39, 0.29) is 22.1 Å². The van der Waals surface area contributed by atoms with Crippen molar-refractivity contribution in [2.45, 2.75) is 78.7 Å². The molecule has 0 unspecified atom stereocenters. The number of fused-ring (bicyclic) bond motifs is 1. The Hall–Kier alpha value is -4.13. The molecule has 0 aliphatic heterocycles. The van der Waals surface area contributed by atoms with Crippen LogP contribution in [0.4, 0.5) is 16.2 Å². The lowest BCUT2D eigenvalue weighted by atomic mass is 9.79. The zero-order chi connectivity index (χ0) is 29.9. The van der Waals surface area contributed by atoms with Crippen molar-refractivity contribution in [2.75, 3.05) is 17.7 Å². The Bertz CT molecular complexity index is 1590. The van der Waals surface area contributed by atoms with Gasteiger partial charge in [-0.25, -0.2) is 9.78 Å². The average molecular weight is 555 g/mol. The average Bonchev–Trinajstić information content (AvgIpc) is 2.92. The van der Waals surface area contributed by atoms with E-state index in [1.165, 1.54) is 0 Å². The van der Waals surface area contributed by atoms with Gasteiger partial charge in [-0.1, -0.05) is 85.2 Å². The van der Waals surface area contributed by atoms with Crippen LogP contribution >= 0.6 is 0 Å². The maximum atomic E-state index is 14.1. The van der Waals surface area contributed by atoms with E-state index in [2.05, 4.69) is 64.1 Å². The second-order valence-electron chi connectivity index (χ2n) is 12.5. The number of rotatable bonds is 7. The Morgan fingerprint density at radius 2 is 1.54 bits per heavy atom. The fourth-order valence-electron chi connectivity index (χ4n) is 5.19. The van der Waals surface area contributed by atoms with E-state index in [0.29, 0.717) is 23.5 Å². The molecular formula is C34H42N4O3. The van der Waals surface area contributed by atoms with E-state index >= 15 is 0 Å². The predicted octanol–water partition coefficient (Wildman–Crippen LogP) is 8.11. The topological polar surface area (TPSA) is 85.2 Å². The second-order valence-corrected chi connectivity index (χ2v) is 12.5. The highest BCUT2D eigenvalue weighted by molar-refractivity contribution is 6.08. The van der Waals surface area contributed by atoms with Crippen LogP contribution in [-0.4, -0.2) is 22.7 Å². The summed E-state index contributed by atoms with van der Waals surface area (Å²) in [6, 6.07) is 16.9. The summed E-state index contributed by atoms with van der Waals surface area (Å²) >= 11 is 0. The van der Waals surface area contributed by atoms with Crippen LogP contribution in [0.1, 0.15) is 72.4 Å². The van der Waals surface area contributed by atoms with Crippen molar-refractivity contribution in [1.82, 2.24) is 9.55 Å². The first kappa shape index (κ1) is 29.8. The highest BCUT2D eigenvalue weighted by atomic mass is 16.5. The maximum absolute atomic E-state index is 14.1. The molecule has 7 heteroatoms. The minimum Gasteiger partial charge on any atom is -0.497 e. The number of aryl methyl sites for hydroxylation is 1. The van der Waals surface area contributed by atoms with Crippen LogP contribution in [0.5, 0.6) is 5.75 Å². The predicted molar refractivity (Wildman–Crippen MR) is 169 cm³/mol. The number of anilines is 2. The molecule has 0 spiro atoms. The largest absolute Gasteiger partial charge is 0.497 e. The fraction of sp³-hybridized carbons (Fsp3) is 0.382. The summed E-state index contributed by atoms with van der Waals surface area (Å²) in [5.41, 5.74) is 4.25. The van der Waals surface area contributed by atoms with Crippen LogP contribution in [0.3, 0.4) is 0 Å². The quantitative estimate of drug-likeness (QED) is 0.242. The monoisotopic (exact) mass is 554 g/mol. The third kappa shape index (κ3) is 6.29. The molecule has 0 atom stereocenters. The SMILES string of the molecule is CCCCn1c(=O)c(NC(=O)Nc2c(C(C)(C)C)cccc2C(C)(C)C)c(-c2cccc(OC)c2)c2cccnc21. The lowest BCUT2D eigenvalue weighted by molar-refractivity contribution is 0.262. The van der Waals surface area contributed by atoms with Crippen LogP contribution in [-0.2, 0) is 17.4 Å². The number of carbonyl (C=O) groups is 1. The van der Waals surface area contributed by atoms with E-state index in [0.717, 1.165) is 40.6 Å². The molecule has 0 fully saturated rings. The lowest BCUT2D eigenvalue weighted by Crippen LogP contribution is -2.31. The number of urea groups is 1. The molecule has 7 nitrogen and oxygen atoms in total. The molecule has 2 amide bonds. The van der Waals surface area contributed by atoms with Crippen molar-refractivity contribution >= 4 is 28.4 Å². The van der Waals surface area contributed by atoms with Crippen LogP contribution in [0, 0.1) is 0 Å². The van der Waals surface area contributed by atoms with Gasteiger partial charge in [-0.05, 0) is 58.2 Å². The van der Waals surface area contributed by atoms with Crippen molar-refractivity contribution in [3.8, 4) is 16.9 Å². The molecule has 0 bridgehead atoms. The summed E-state index contributed by atoms with van der Waals surface area (Å²) in [5.74, 6) is 0.652. The summed E-state index contributed by atoms with van der Waals surface area (Å²) < 4.78 is 7.16. The van der Waals surface area contributed by atoms with Crippen LogP contribution in [0.15, 0.2) is 65.6 Å². The van der Waals surface area contributed by atoms with Gasteiger partial charge < -0.3 is 15.4 Å². The molecule has 0 saturated carbocycles. The molecular weight excluding hydrogens is 512 g/mol. The Labute approximate surface area is 243 Å². The number of ether oxygens (including phenoxy) is 1. The summed E-state index contributed by atoms with van der Waals surface area (Å²) in [7, 11) is 1.60. The number of carbonyl (C=O) groups excluding carboxylic acids is 1. The van der Waals surface area contributed by atoms with Gasteiger partial charge in [-0.15, -0.1) is 0 Å². The lowest BCUT2D eigenvalue weighted by Gasteiger charge is -2.30. The van der Waals surface area contributed by atoms with Gasteiger partial charge in [0, 0.05) is 29.4 Å². The van der Waals surface area contributed by atoms with Crippen molar-refractivity contribution < 1.29 is 9.53 Å². The van der Waals surface area contributed by atoms with Crippen molar-refractivity contribution in [3.05, 3.63) is 82.3 Å². The highest BCUT2D eigenvalue weighted by Gasteiger charge is 2.27. The normalized spacial score (nSPS) is 11.9. The van der Waals surface area contributed by atoms with Crippen molar-refractivity contribution in [1.29, 1.82) is 0 Å². The number of amides is 2. The van der Waals surface area contributed by atoms with Crippen LogP contribution < -0.4 is 20.9 Å². The van der Waals surface area contributed by atoms with Gasteiger partial charge in [0.25, 0.3) is 5.56 Å². The molecule has 0 aliphatic rings. The molecule has 2 heterocycles. The molecule has 0 saturated heterocycles. The van der Waals surface area contributed by atoms with Gasteiger partial charge in [0.2, 0.25) is 0 Å². The standard InChI is InChI=1S/C34H42N4O3/c1-9-10-20-38-30-24(16-13-19-35-30)27(22-14-11-15-23(21-22)41-8)29(31(38)39)37-32(40)36-28-25(33(2,3)4)17-12-18-26(28)34(5,6)7/h11-19,21H,9-10,20H2,1-8H3,(H2,36,37,40). The number of benzene rings is 2. The second kappa shape index (κ2) is 11.8. The van der Waals surface area contributed by atoms with Crippen molar-refractivity contribution in [3.63, 3.8) is 0 Å². The van der Waals surface area contributed by atoms with Crippen LogP contribution in [0.2, 0.25) is 0 Å². The number of para-hydroxylation sites is 1. The molecule has 4 rings (SSSR count). The Kier molecular flexibility index (Phi) is 8.57. The van der Waals surface area contributed by atoms with Crippen molar-refractivity contribution in [2.24, 2.45) is 0 Å². The van der Waals surface area contributed by atoms with E-state index in [4.69, 9.17) is 4.74 Å². The molecule has 0 radical (unpaired) electrons. The number of hydrogen-bond donors (Lipinski definition) is 2. The fourth-order valence-corrected chi connectivity index (χ4v) is 5.19. The van der Waals surface area contributed by atoms with Gasteiger partial charge in [0.15, 0.2) is 0 Å².